The normalized spacial score (nSPS) is 18.2. The summed E-state index contributed by atoms with van der Waals surface area (Å²) in [6.07, 6.45) is 3.79. The molecule has 0 bridgehead atoms. The molecule has 2 rings (SSSR count). The lowest BCUT2D eigenvalue weighted by Crippen LogP contribution is -2.31. The SMILES string of the molecule is COCCC1(CNC(COC)c2ccccc2)CC1. The second-order valence-corrected chi connectivity index (χ2v) is 5.54. The molecule has 106 valence electrons. The smallest absolute Gasteiger partial charge is 0.0657 e. The molecule has 1 unspecified atom stereocenters. The zero-order valence-corrected chi connectivity index (χ0v) is 12.0. The Morgan fingerprint density at radius 3 is 2.47 bits per heavy atom. The molecule has 1 fully saturated rings. The van der Waals surface area contributed by atoms with Gasteiger partial charge < -0.3 is 14.8 Å². The molecule has 1 aliphatic carbocycles. The Morgan fingerprint density at radius 2 is 1.89 bits per heavy atom. The van der Waals surface area contributed by atoms with Crippen LogP contribution in [-0.4, -0.2) is 34.0 Å². The summed E-state index contributed by atoms with van der Waals surface area (Å²) in [6, 6.07) is 10.8. The summed E-state index contributed by atoms with van der Waals surface area (Å²) in [7, 11) is 3.54. The van der Waals surface area contributed by atoms with Gasteiger partial charge in [0, 0.05) is 27.4 Å². The van der Waals surface area contributed by atoms with Gasteiger partial charge in [0.1, 0.15) is 0 Å². The summed E-state index contributed by atoms with van der Waals surface area (Å²) in [5.41, 5.74) is 1.77. The lowest BCUT2D eigenvalue weighted by molar-refractivity contribution is 0.152. The van der Waals surface area contributed by atoms with Gasteiger partial charge in [-0.1, -0.05) is 30.3 Å². The monoisotopic (exact) mass is 263 g/mol. The van der Waals surface area contributed by atoms with Crippen molar-refractivity contribution in [3.8, 4) is 0 Å². The first-order valence-corrected chi connectivity index (χ1v) is 7.06. The van der Waals surface area contributed by atoms with E-state index in [1.54, 1.807) is 14.2 Å². The fourth-order valence-electron chi connectivity index (χ4n) is 2.48. The summed E-state index contributed by atoms with van der Waals surface area (Å²) in [6.45, 7) is 2.63. The molecule has 1 atom stereocenters. The molecule has 0 amide bonds. The van der Waals surface area contributed by atoms with E-state index < -0.39 is 0 Å². The summed E-state index contributed by atoms with van der Waals surface area (Å²) < 4.78 is 10.5. The van der Waals surface area contributed by atoms with E-state index in [1.807, 2.05) is 6.07 Å². The van der Waals surface area contributed by atoms with Crippen LogP contribution < -0.4 is 5.32 Å². The molecule has 1 N–H and O–H groups in total. The first kappa shape index (κ1) is 14.5. The predicted molar refractivity (Wildman–Crippen MR) is 77.2 cm³/mol. The van der Waals surface area contributed by atoms with Crippen LogP contribution in [0.4, 0.5) is 0 Å². The van der Waals surface area contributed by atoms with Gasteiger partial charge >= 0.3 is 0 Å². The van der Waals surface area contributed by atoms with E-state index in [0.717, 1.165) is 19.6 Å². The maximum atomic E-state index is 5.34. The van der Waals surface area contributed by atoms with Gasteiger partial charge in [-0.3, -0.25) is 0 Å². The van der Waals surface area contributed by atoms with Gasteiger partial charge in [0.15, 0.2) is 0 Å². The average molecular weight is 263 g/mol. The molecule has 0 aliphatic heterocycles. The fourth-order valence-corrected chi connectivity index (χ4v) is 2.48. The van der Waals surface area contributed by atoms with E-state index >= 15 is 0 Å². The van der Waals surface area contributed by atoms with Crippen molar-refractivity contribution in [3.63, 3.8) is 0 Å². The van der Waals surface area contributed by atoms with Crippen LogP contribution in [0.3, 0.4) is 0 Å². The highest BCUT2D eigenvalue weighted by atomic mass is 16.5. The van der Waals surface area contributed by atoms with Crippen LogP contribution >= 0.6 is 0 Å². The van der Waals surface area contributed by atoms with E-state index in [4.69, 9.17) is 9.47 Å². The Bertz CT molecular complexity index is 362. The summed E-state index contributed by atoms with van der Waals surface area (Å²) >= 11 is 0. The van der Waals surface area contributed by atoms with E-state index in [9.17, 15) is 0 Å². The third-order valence-corrected chi connectivity index (χ3v) is 4.05. The molecule has 1 saturated carbocycles. The maximum absolute atomic E-state index is 5.34. The zero-order chi connectivity index (χ0) is 13.6. The van der Waals surface area contributed by atoms with Crippen LogP contribution in [0.5, 0.6) is 0 Å². The minimum absolute atomic E-state index is 0.284. The molecule has 1 aromatic rings. The van der Waals surface area contributed by atoms with Crippen molar-refractivity contribution in [2.24, 2.45) is 5.41 Å². The molecule has 0 saturated heterocycles. The highest BCUT2D eigenvalue weighted by molar-refractivity contribution is 5.19. The van der Waals surface area contributed by atoms with E-state index in [1.165, 1.54) is 18.4 Å². The number of ether oxygens (including phenoxy) is 2. The molecule has 0 aromatic heterocycles. The van der Waals surface area contributed by atoms with Gasteiger partial charge in [-0.05, 0) is 30.2 Å². The van der Waals surface area contributed by atoms with E-state index in [2.05, 4.69) is 29.6 Å². The molecule has 0 heterocycles. The Hall–Kier alpha value is -0.900. The summed E-state index contributed by atoms with van der Waals surface area (Å²) in [5, 5.41) is 3.67. The van der Waals surface area contributed by atoms with Crippen LogP contribution in [0.25, 0.3) is 0 Å². The topological polar surface area (TPSA) is 30.5 Å². The fraction of sp³-hybridized carbons (Fsp3) is 0.625. The lowest BCUT2D eigenvalue weighted by atomic mass is 10.0. The molecule has 1 aromatic carbocycles. The van der Waals surface area contributed by atoms with Gasteiger partial charge in [-0.2, -0.15) is 0 Å². The Balaban J connectivity index is 1.87. The number of hydrogen-bond acceptors (Lipinski definition) is 3. The van der Waals surface area contributed by atoms with Gasteiger partial charge in [0.05, 0.1) is 12.6 Å². The average Bonchev–Trinajstić information content (AvgIpc) is 3.23. The van der Waals surface area contributed by atoms with Gasteiger partial charge in [0.2, 0.25) is 0 Å². The number of rotatable bonds is 9. The quantitative estimate of drug-likeness (QED) is 0.743. The molecule has 0 radical (unpaired) electrons. The molecule has 3 heteroatoms. The van der Waals surface area contributed by atoms with Gasteiger partial charge in [-0.25, -0.2) is 0 Å². The molecule has 19 heavy (non-hydrogen) atoms. The van der Waals surface area contributed by atoms with Gasteiger partial charge in [0.25, 0.3) is 0 Å². The Labute approximate surface area is 116 Å². The molecular formula is C16H25NO2. The number of nitrogens with one attached hydrogen (secondary N) is 1. The van der Waals surface area contributed by atoms with Crippen LogP contribution in [0.2, 0.25) is 0 Å². The highest BCUT2D eigenvalue weighted by Gasteiger charge is 2.41. The second kappa shape index (κ2) is 7.04. The molecule has 1 aliphatic rings. The number of benzene rings is 1. The van der Waals surface area contributed by atoms with Crippen molar-refractivity contribution >= 4 is 0 Å². The third kappa shape index (κ3) is 4.30. The maximum Gasteiger partial charge on any atom is 0.0657 e. The van der Waals surface area contributed by atoms with Crippen molar-refractivity contribution in [2.75, 3.05) is 34.0 Å². The standard InChI is InChI=1S/C16H25NO2/c1-18-11-10-16(8-9-16)13-17-15(12-19-2)14-6-4-3-5-7-14/h3-7,15,17H,8-13H2,1-2H3. The summed E-state index contributed by atoms with van der Waals surface area (Å²) in [5.74, 6) is 0. The number of hydrogen-bond donors (Lipinski definition) is 1. The van der Waals surface area contributed by atoms with Crippen LogP contribution in [0, 0.1) is 5.41 Å². The van der Waals surface area contributed by atoms with Crippen molar-refractivity contribution < 1.29 is 9.47 Å². The minimum atomic E-state index is 0.284. The molecular weight excluding hydrogens is 238 g/mol. The van der Waals surface area contributed by atoms with Crippen molar-refractivity contribution in [1.29, 1.82) is 0 Å². The molecule has 0 spiro atoms. The molecule has 3 nitrogen and oxygen atoms in total. The number of methoxy groups -OCH3 is 2. The summed E-state index contributed by atoms with van der Waals surface area (Å²) in [4.78, 5) is 0. The second-order valence-electron chi connectivity index (χ2n) is 5.54. The lowest BCUT2D eigenvalue weighted by Gasteiger charge is -2.22. The Morgan fingerprint density at radius 1 is 1.16 bits per heavy atom. The largest absolute Gasteiger partial charge is 0.385 e. The highest BCUT2D eigenvalue weighted by Crippen LogP contribution is 2.48. The first-order valence-electron chi connectivity index (χ1n) is 7.06. The third-order valence-electron chi connectivity index (χ3n) is 4.05. The Kier molecular flexibility index (Phi) is 5.37. The van der Waals surface area contributed by atoms with Crippen LogP contribution in [0.15, 0.2) is 30.3 Å². The zero-order valence-electron chi connectivity index (χ0n) is 12.0. The predicted octanol–water partition coefficient (Wildman–Crippen LogP) is 2.78. The first-order chi connectivity index (χ1) is 9.29. The van der Waals surface area contributed by atoms with Crippen molar-refractivity contribution in [1.82, 2.24) is 5.32 Å². The van der Waals surface area contributed by atoms with E-state index in [0.29, 0.717) is 12.0 Å². The van der Waals surface area contributed by atoms with Crippen molar-refractivity contribution in [2.45, 2.75) is 25.3 Å². The van der Waals surface area contributed by atoms with Crippen LogP contribution in [0.1, 0.15) is 30.9 Å². The van der Waals surface area contributed by atoms with Gasteiger partial charge in [-0.15, -0.1) is 0 Å². The van der Waals surface area contributed by atoms with E-state index in [-0.39, 0.29) is 6.04 Å². The minimum Gasteiger partial charge on any atom is -0.385 e. The van der Waals surface area contributed by atoms with Crippen molar-refractivity contribution in [3.05, 3.63) is 35.9 Å². The van der Waals surface area contributed by atoms with Crippen LogP contribution in [-0.2, 0) is 9.47 Å².